The molecule has 0 aromatic heterocycles. The predicted octanol–water partition coefficient (Wildman–Crippen LogP) is 3.09. The fraction of sp³-hybridized carbons (Fsp3) is 0.643. The van der Waals surface area contributed by atoms with Crippen molar-refractivity contribution in [2.24, 2.45) is 23.2 Å². The molecule has 0 saturated heterocycles. The molecule has 19 heavy (non-hydrogen) atoms. The number of rotatable bonds is 3. The van der Waals surface area contributed by atoms with E-state index in [9.17, 15) is 14.4 Å². The minimum absolute atomic E-state index is 0.0903. The Bertz CT molecular complexity index is 459. The van der Waals surface area contributed by atoms with Crippen molar-refractivity contribution in [2.45, 2.75) is 33.1 Å². The summed E-state index contributed by atoms with van der Waals surface area (Å²) in [6.07, 6.45) is 2.84. The molecule has 0 radical (unpaired) electrons. The van der Waals surface area contributed by atoms with Crippen molar-refractivity contribution < 1.29 is 14.4 Å². The van der Waals surface area contributed by atoms with Crippen molar-refractivity contribution in [2.75, 3.05) is 0 Å². The molecule has 0 spiro atoms. The zero-order chi connectivity index (χ0) is 14.4. The van der Waals surface area contributed by atoms with Crippen molar-refractivity contribution >= 4 is 40.6 Å². The van der Waals surface area contributed by atoms with Crippen LogP contribution in [0, 0.1) is 23.2 Å². The highest BCUT2D eigenvalue weighted by Crippen LogP contribution is 2.61. The smallest absolute Gasteiger partial charge is 0.155 e. The van der Waals surface area contributed by atoms with Crippen LogP contribution in [0.3, 0.4) is 0 Å². The van der Waals surface area contributed by atoms with Gasteiger partial charge in [-0.2, -0.15) is 0 Å². The lowest BCUT2D eigenvalue weighted by molar-refractivity contribution is -0.142. The Hall–Kier alpha value is -0.670. The molecule has 0 amide bonds. The largest absolute Gasteiger partial charge is 0.298 e. The predicted molar refractivity (Wildman–Crippen MR) is 72.9 cm³/mol. The number of Topliss-reactive ketones (excluding diaryl/α,β-unsaturated/α-hetero) is 3. The lowest BCUT2D eigenvalue weighted by atomic mass is 9.81. The molecule has 2 fully saturated rings. The Labute approximate surface area is 122 Å². The Morgan fingerprint density at radius 1 is 1.21 bits per heavy atom. The first kappa shape index (κ1) is 14.7. The lowest BCUT2D eigenvalue weighted by Gasteiger charge is -2.18. The summed E-state index contributed by atoms with van der Waals surface area (Å²) in [4.78, 5) is 36.0. The zero-order valence-corrected chi connectivity index (χ0v) is 12.4. The maximum absolute atomic E-state index is 12.4. The Morgan fingerprint density at radius 3 is 2.21 bits per heavy atom. The molecule has 2 atom stereocenters. The van der Waals surface area contributed by atoms with Gasteiger partial charge in [-0.1, -0.05) is 37.0 Å². The second kappa shape index (κ2) is 5.02. The molecule has 104 valence electrons. The first-order chi connectivity index (χ1) is 8.76. The summed E-state index contributed by atoms with van der Waals surface area (Å²) < 4.78 is 0.120. The highest BCUT2D eigenvalue weighted by molar-refractivity contribution is 6.55. The van der Waals surface area contributed by atoms with Gasteiger partial charge >= 0.3 is 0 Å². The highest BCUT2D eigenvalue weighted by Gasteiger charge is 2.62. The van der Waals surface area contributed by atoms with Gasteiger partial charge in [0.2, 0.25) is 0 Å². The monoisotopic (exact) mass is 302 g/mol. The molecule has 2 aliphatic carbocycles. The first-order valence-corrected chi connectivity index (χ1v) is 7.14. The highest BCUT2D eigenvalue weighted by atomic mass is 35.5. The normalized spacial score (nSPS) is 30.1. The van der Waals surface area contributed by atoms with E-state index in [-0.39, 0.29) is 39.1 Å². The van der Waals surface area contributed by atoms with Crippen LogP contribution in [0.25, 0.3) is 0 Å². The maximum Gasteiger partial charge on any atom is 0.155 e. The van der Waals surface area contributed by atoms with Crippen molar-refractivity contribution in [1.29, 1.82) is 0 Å². The van der Waals surface area contributed by atoms with E-state index in [0.29, 0.717) is 19.3 Å². The summed E-state index contributed by atoms with van der Waals surface area (Å²) in [6.45, 7) is 3.84. The van der Waals surface area contributed by atoms with Gasteiger partial charge in [0, 0.05) is 18.8 Å². The quantitative estimate of drug-likeness (QED) is 0.753. The fourth-order valence-electron chi connectivity index (χ4n) is 3.07. The summed E-state index contributed by atoms with van der Waals surface area (Å²) in [6, 6.07) is 0. The minimum Gasteiger partial charge on any atom is -0.298 e. The van der Waals surface area contributed by atoms with E-state index in [1.54, 1.807) is 6.08 Å². The number of halogens is 2. The molecule has 2 aliphatic rings. The number of hydrogen-bond donors (Lipinski definition) is 0. The van der Waals surface area contributed by atoms with Gasteiger partial charge in [-0.05, 0) is 23.8 Å². The van der Waals surface area contributed by atoms with E-state index in [4.69, 9.17) is 23.2 Å². The Morgan fingerprint density at radius 2 is 1.74 bits per heavy atom. The standard InChI is InChI=1S/C14H16Cl2O3/c1-14(2)7(6-10(15)16)12(14)13(19)11-8(17)4-3-5-9(11)18/h6-7,11-12H,3-5H2,1-2H3. The molecule has 0 N–H and O–H groups in total. The van der Waals surface area contributed by atoms with Crippen LogP contribution in [-0.2, 0) is 14.4 Å². The SMILES string of the molecule is CC1(C)C(C=C(Cl)Cl)C1C(=O)C1C(=O)CCCC1=O. The summed E-state index contributed by atoms with van der Waals surface area (Å²) in [5.74, 6) is -2.20. The van der Waals surface area contributed by atoms with E-state index >= 15 is 0 Å². The first-order valence-electron chi connectivity index (χ1n) is 6.38. The molecule has 3 nitrogen and oxygen atoms in total. The van der Waals surface area contributed by atoms with Gasteiger partial charge in [-0.25, -0.2) is 0 Å². The molecule has 0 aliphatic heterocycles. The van der Waals surface area contributed by atoms with Crippen LogP contribution in [0.1, 0.15) is 33.1 Å². The number of allylic oxidation sites excluding steroid dienone is 1. The van der Waals surface area contributed by atoms with Crippen molar-refractivity contribution in [3.05, 3.63) is 10.6 Å². The number of carbonyl (C=O) groups excluding carboxylic acids is 3. The third kappa shape index (κ3) is 2.63. The minimum atomic E-state index is -1.05. The van der Waals surface area contributed by atoms with Crippen molar-refractivity contribution in [3.63, 3.8) is 0 Å². The second-order valence-electron chi connectivity index (χ2n) is 5.90. The molecular weight excluding hydrogens is 287 g/mol. The average Bonchev–Trinajstić information content (AvgIpc) is 2.78. The summed E-state index contributed by atoms with van der Waals surface area (Å²) >= 11 is 11.3. The number of hydrogen-bond acceptors (Lipinski definition) is 3. The van der Waals surface area contributed by atoms with Crippen LogP contribution in [0.2, 0.25) is 0 Å². The summed E-state index contributed by atoms with van der Waals surface area (Å²) in [5.41, 5.74) is -0.288. The van der Waals surface area contributed by atoms with E-state index in [2.05, 4.69) is 0 Å². The Kier molecular flexibility index (Phi) is 3.90. The van der Waals surface area contributed by atoms with Crippen molar-refractivity contribution in [3.8, 4) is 0 Å². The van der Waals surface area contributed by atoms with E-state index in [0.717, 1.165) is 0 Å². The van der Waals surface area contributed by atoms with E-state index in [1.165, 1.54) is 0 Å². The van der Waals surface area contributed by atoms with Crippen LogP contribution in [0.15, 0.2) is 10.6 Å². The Balaban J connectivity index is 2.19. The third-order valence-electron chi connectivity index (χ3n) is 4.30. The fourth-order valence-corrected chi connectivity index (χ4v) is 3.34. The van der Waals surface area contributed by atoms with Gasteiger partial charge in [0.05, 0.1) is 0 Å². The number of ketones is 3. The van der Waals surface area contributed by atoms with Gasteiger partial charge in [0.1, 0.15) is 10.4 Å². The topological polar surface area (TPSA) is 51.2 Å². The van der Waals surface area contributed by atoms with Crippen LogP contribution in [-0.4, -0.2) is 17.3 Å². The maximum atomic E-state index is 12.4. The van der Waals surface area contributed by atoms with Gasteiger partial charge in [0.25, 0.3) is 0 Å². The molecule has 0 aromatic carbocycles. The molecule has 2 saturated carbocycles. The van der Waals surface area contributed by atoms with Crippen LogP contribution in [0.5, 0.6) is 0 Å². The van der Waals surface area contributed by atoms with E-state index < -0.39 is 5.92 Å². The molecule has 0 heterocycles. The molecular formula is C14H16Cl2O3. The van der Waals surface area contributed by atoms with Crippen LogP contribution in [0.4, 0.5) is 0 Å². The van der Waals surface area contributed by atoms with E-state index in [1.807, 2.05) is 13.8 Å². The molecule has 0 aromatic rings. The van der Waals surface area contributed by atoms with Gasteiger partial charge in [-0.3, -0.25) is 14.4 Å². The molecule has 0 bridgehead atoms. The average molecular weight is 303 g/mol. The summed E-state index contributed by atoms with van der Waals surface area (Å²) in [5, 5.41) is 0. The molecule has 2 rings (SSSR count). The number of carbonyl (C=O) groups is 3. The van der Waals surface area contributed by atoms with Gasteiger partial charge in [0.15, 0.2) is 17.3 Å². The molecule has 5 heteroatoms. The van der Waals surface area contributed by atoms with Crippen LogP contribution >= 0.6 is 23.2 Å². The van der Waals surface area contributed by atoms with Gasteiger partial charge in [-0.15, -0.1) is 0 Å². The second-order valence-corrected chi connectivity index (χ2v) is 6.91. The molecule has 2 unspecified atom stereocenters. The van der Waals surface area contributed by atoms with Crippen LogP contribution < -0.4 is 0 Å². The van der Waals surface area contributed by atoms with Gasteiger partial charge < -0.3 is 0 Å². The third-order valence-corrected chi connectivity index (χ3v) is 4.55. The summed E-state index contributed by atoms with van der Waals surface area (Å²) in [7, 11) is 0. The lowest BCUT2D eigenvalue weighted by Crippen LogP contribution is -2.36. The zero-order valence-electron chi connectivity index (χ0n) is 10.9. The van der Waals surface area contributed by atoms with Crippen molar-refractivity contribution in [1.82, 2.24) is 0 Å².